The second kappa shape index (κ2) is 6.84. The quantitative estimate of drug-likeness (QED) is 0.753. The van der Waals surface area contributed by atoms with Crippen molar-refractivity contribution < 1.29 is 9.59 Å². The molecule has 4 atom stereocenters. The molecule has 0 spiro atoms. The fourth-order valence-corrected chi connectivity index (χ4v) is 6.18. The number of rotatable bonds is 3. The maximum atomic E-state index is 11.9. The van der Waals surface area contributed by atoms with Gasteiger partial charge in [-0.1, -0.05) is 27.7 Å². The van der Waals surface area contributed by atoms with Gasteiger partial charge in [-0.05, 0) is 75.0 Å². The molecule has 2 aliphatic carbocycles. The molecule has 0 amide bonds. The van der Waals surface area contributed by atoms with Crippen molar-refractivity contribution in [3.63, 3.8) is 0 Å². The first kappa shape index (κ1) is 17.7. The number of hydrogen-bond acceptors (Lipinski definition) is 2. The predicted octanol–water partition coefficient (Wildman–Crippen LogP) is 4.76. The van der Waals surface area contributed by atoms with Gasteiger partial charge in [-0.3, -0.25) is 9.59 Å². The second-order valence-electron chi connectivity index (χ2n) is 8.64. The van der Waals surface area contributed by atoms with Gasteiger partial charge in [-0.15, -0.1) is 0 Å². The topological polar surface area (TPSA) is 34.1 Å². The first-order valence-electron chi connectivity index (χ1n) is 9.23. The van der Waals surface area contributed by atoms with Crippen LogP contribution in [0.4, 0.5) is 0 Å². The van der Waals surface area contributed by atoms with E-state index in [4.69, 9.17) is 0 Å². The Balaban J connectivity index is 2.05. The molecule has 0 aromatic rings. The second-order valence-corrected chi connectivity index (χ2v) is 8.64. The number of carbonyl (C=O) groups is 2. The first-order valence-corrected chi connectivity index (χ1v) is 9.23. The maximum Gasteiger partial charge on any atom is 0.133 e. The zero-order valence-electron chi connectivity index (χ0n) is 15.3. The van der Waals surface area contributed by atoms with Crippen LogP contribution in [-0.4, -0.2) is 11.6 Å². The minimum absolute atomic E-state index is 0.264. The highest BCUT2D eigenvalue weighted by molar-refractivity contribution is 5.79. The average molecular weight is 306 g/mol. The zero-order valence-corrected chi connectivity index (χ0v) is 15.3. The molecule has 0 radical (unpaired) electrons. The summed E-state index contributed by atoms with van der Waals surface area (Å²) < 4.78 is 0. The smallest absolute Gasteiger partial charge is 0.133 e. The van der Waals surface area contributed by atoms with Crippen LogP contribution >= 0.6 is 0 Å². The van der Waals surface area contributed by atoms with Crippen LogP contribution in [0.15, 0.2) is 0 Å². The molecule has 126 valence electrons. The molecular formula is C20H34O2. The molecule has 2 rings (SSSR count). The van der Waals surface area contributed by atoms with Crippen molar-refractivity contribution in [1.82, 2.24) is 0 Å². The van der Waals surface area contributed by atoms with Gasteiger partial charge >= 0.3 is 0 Å². The van der Waals surface area contributed by atoms with E-state index in [1.54, 1.807) is 13.8 Å². The lowest BCUT2D eigenvalue weighted by Gasteiger charge is -2.46. The molecule has 0 aliphatic heterocycles. The van der Waals surface area contributed by atoms with Crippen LogP contribution in [0.1, 0.15) is 67.2 Å². The van der Waals surface area contributed by atoms with Crippen molar-refractivity contribution in [3.05, 3.63) is 0 Å². The van der Waals surface area contributed by atoms with Crippen LogP contribution in [0.2, 0.25) is 0 Å². The Morgan fingerprint density at radius 1 is 0.591 bits per heavy atom. The fourth-order valence-electron chi connectivity index (χ4n) is 6.18. The van der Waals surface area contributed by atoms with Crippen LogP contribution < -0.4 is 0 Å². The molecule has 2 aliphatic rings. The first-order chi connectivity index (χ1) is 10.2. The monoisotopic (exact) mass is 306 g/mol. The van der Waals surface area contributed by atoms with Gasteiger partial charge in [0.1, 0.15) is 11.6 Å². The molecule has 22 heavy (non-hydrogen) atoms. The van der Waals surface area contributed by atoms with Gasteiger partial charge in [-0.2, -0.15) is 0 Å². The van der Waals surface area contributed by atoms with E-state index >= 15 is 0 Å². The van der Waals surface area contributed by atoms with Gasteiger partial charge in [-0.25, -0.2) is 0 Å². The van der Waals surface area contributed by atoms with Gasteiger partial charge in [0.15, 0.2) is 0 Å². The van der Waals surface area contributed by atoms with Gasteiger partial charge in [0.05, 0.1) is 0 Å². The van der Waals surface area contributed by atoms with E-state index < -0.39 is 0 Å². The maximum absolute atomic E-state index is 11.9. The molecule has 0 saturated heterocycles. The van der Waals surface area contributed by atoms with Gasteiger partial charge in [0.2, 0.25) is 0 Å². The highest BCUT2D eigenvalue weighted by Crippen LogP contribution is 2.48. The lowest BCUT2D eigenvalue weighted by atomic mass is 9.58. The molecule has 2 fully saturated rings. The fraction of sp³-hybridized carbons (Fsp3) is 0.900. The van der Waals surface area contributed by atoms with E-state index in [0.717, 1.165) is 11.8 Å². The summed E-state index contributed by atoms with van der Waals surface area (Å²) in [6.07, 6.45) is 4.79. The molecule has 0 heterocycles. The van der Waals surface area contributed by atoms with Gasteiger partial charge in [0, 0.05) is 11.8 Å². The van der Waals surface area contributed by atoms with E-state index in [1.165, 1.54) is 25.7 Å². The molecule has 0 aromatic carbocycles. The van der Waals surface area contributed by atoms with Crippen molar-refractivity contribution in [2.24, 2.45) is 47.3 Å². The Bertz CT molecular complexity index is 363. The number of carbonyl (C=O) groups excluding carboxylic acids is 2. The lowest BCUT2D eigenvalue weighted by Crippen LogP contribution is -2.41. The van der Waals surface area contributed by atoms with E-state index in [9.17, 15) is 9.59 Å². The van der Waals surface area contributed by atoms with Crippen LogP contribution in [0.25, 0.3) is 0 Å². The Hall–Kier alpha value is -0.660. The summed E-state index contributed by atoms with van der Waals surface area (Å²) in [5.74, 6) is 4.84. The summed E-state index contributed by atoms with van der Waals surface area (Å²) in [5, 5.41) is 0. The SMILES string of the molecule is CC(=O)C1C(C)CC(C2CC(C)C(C(C)=O)C(C)C2)CC1C. The van der Waals surface area contributed by atoms with Crippen molar-refractivity contribution in [2.45, 2.75) is 67.2 Å². The molecule has 2 heteroatoms. The molecule has 4 unspecified atom stereocenters. The van der Waals surface area contributed by atoms with Crippen molar-refractivity contribution in [1.29, 1.82) is 0 Å². The highest BCUT2D eigenvalue weighted by atomic mass is 16.1. The van der Waals surface area contributed by atoms with E-state index in [2.05, 4.69) is 27.7 Å². The predicted molar refractivity (Wildman–Crippen MR) is 90.4 cm³/mol. The standard InChI is InChI=1S/C20H34O2/c1-11-7-17(8-12(2)19(11)15(5)21)18-9-13(3)20(16(6)22)14(4)10-18/h11-14,17-20H,7-10H2,1-6H3. The van der Waals surface area contributed by atoms with Gasteiger partial charge in [0.25, 0.3) is 0 Å². The molecule has 0 bridgehead atoms. The Morgan fingerprint density at radius 2 is 0.818 bits per heavy atom. The van der Waals surface area contributed by atoms with E-state index in [-0.39, 0.29) is 11.8 Å². The van der Waals surface area contributed by atoms with Crippen LogP contribution in [0.5, 0.6) is 0 Å². The summed E-state index contributed by atoms with van der Waals surface area (Å²) in [5.41, 5.74) is 0. The number of hydrogen-bond donors (Lipinski definition) is 0. The summed E-state index contributed by atoms with van der Waals surface area (Å²) in [6.45, 7) is 12.6. The minimum Gasteiger partial charge on any atom is -0.300 e. The minimum atomic E-state index is 0.264. The Kier molecular flexibility index (Phi) is 5.50. The molecule has 2 saturated carbocycles. The molecule has 0 N–H and O–H groups in total. The van der Waals surface area contributed by atoms with Crippen molar-refractivity contribution in [2.75, 3.05) is 0 Å². The van der Waals surface area contributed by atoms with Crippen LogP contribution in [-0.2, 0) is 9.59 Å². The van der Waals surface area contributed by atoms with E-state index in [1.807, 2.05) is 0 Å². The molecule has 0 aromatic heterocycles. The van der Waals surface area contributed by atoms with E-state index in [0.29, 0.717) is 35.2 Å². The third-order valence-corrected chi connectivity index (χ3v) is 6.76. The molecule has 2 nitrogen and oxygen atoms in total. The Morgan fingerprint density at radius 3 is 1.00 bits per heavy atom. The number of ketones is 2. The third kappa shape index (κ3) is 3.46. The summed E-state index contributed by atoms with van der Waals surface area (Å²) >= 11 is 0. The normalized spacial score (nSPS) is 46.3. The zero-order chi connectivity index (χ0) is 16.6. The van der Waals surface area contributed by atoms with Crippen molar-refractivity contribution in [3.8, 4) is 0 Å². The summed E-state index contributed by atoms with van der Waals surface area (Å²) in [7, 11) is 0. The van der Waals surface area contributed by atoms with Crippen molar-refractivity contribution >= 4 is 11.6 Å². The summed E-state index contributed by atoms with van der Waals surface area (Å²) in [6, 6.07) is 0. The van der Waals surface area contributed by atoms with Crippen LogP contribution in [0.3, 0.4) is 0 Å². The number of Topliss-reactive ketones (excluding diaryl/α,β-unsaturated/α-hetero) is 2. The van der Waals surface area contributed by atoms with Crippen LogP contribution in [0, 0.1) is 47.3 Å². The average Bonchev–Trinajstić information content (AvgIpc) is 2.35. The highest BCUT2D eigenvalue weighted by Gasteiger charge is 2.43. The Labute approximate surface area is 136 Å². The van der Waals surface area contributed by atoms with Gasteiger partial charge < -0.3 is 0 Å². The lowest BCUT2D eigenvalue weighted by molar-refractivity contribution is -0.129. The summed E-state index contributed by atoms with van der Waals surface area (Å²) in [4.78, 5) is 23.8. The third-order valence-electron chi connectivity index (χ3n) is 6.76. The molecular weight excluding hydrogens is 272 g/mol. The largest absolute Gasteiger partial charge is 0.300 e.